The summed E-state index contributed by atoms with van der Waals surface area (Å²) in [6.45, 7) is 9.57. The van der Waals surface area contributed by atoms with Crippen molar-refractivity contribution in [3.63, 3.8) is 0 Å². The second-order valence-corrected chi connectivity index (χ2v) is 8.34. The van der Waals surface area contributed by atoms with Crippen LogP contribution in [0.15, 0.2) is 29.3 Å². The summed E-state index contributed by atoms with van der Waals surface area (Å²) in [5.74, 6) is 1.47. The van der Waals surface area contributed by atoms with Crippen molar-refractivity contribution >= 4 is 29.9 Å². The molecule has 2 aliphatic heterocycles. The molecule has 0 bridgehead atoms. The van der Waals surface area contributed by atoms with E-state index in [2.05, 4.69) is 65.3 Å². The fourth-order valence-electron chi connectivity index (χ4n) is 4.70. The number of aliphatic imine (C=N–C) groups is 1. The Kier molecular flexibility index (Phi) is 10.2. The number of ether oxygens (including phenoxy) is 1. The van der Waals surface area contributed by atoms with Crippen LogP contribution in [-0.2, 0) is 4.74 Å². The van der Waals surface area contributed by atoms with E-state index in [9.17, 15) is 0 Å². The average Bonchev–Trinajstić information content (AvgIpc) is 3.16. The largest absolute Gasteiger partial charge is 0.373 e. The molecule has 0 aliphatic carbocycles. The third kappa shape index (κ3) is 6.56. The van der Waals surface area contributed by atoms with Crippen molar-refractivity contribution in [2.24, 2.45) is 10.9 Å². The number of aryl methyl sites for hydroxylation is 1. The summed E-state index contributed by atoms with van der Waals surface area (Å²) in [6, 6.07) is 9.46. The summed E-state index contributed by atoms with van der Waals surface area (Å²) < 4.78 is 6.18. The van der Waals surface area contributed by atoms with E-state index in [4.69, 9.17) is 4.74 Å². The van der Waals surface area contributed by atoms with Crippen LogP contribution in [0, 0.1) is 12.8 Å². The molecular formula is C23H39IN4O. The highest BCUT2D eigenvalue weighted by Crippen LogP contribution is 2.33. The highest BCUT2D eigenvalue weighted by Gasteiger charge is 2.29. The van der Waals surface area contributed by atoms with Gasteiger partial charge in [-0.2, -0.15) is 0 Å². The van der Waals surface area contributed by atoms with Crippen LogP contribution in [0.3, 0.4) is 0 Å². The van der Waals surface area contributed by atoms with Gasteiger partial charge in [0.05, 0.1) is 6.10 Å². The number of rotatable bonds is 6. The number of guanidine groups is 1. The van der Waals surface area contributed by atoms with Crippen LogP contribution >= 0.6 is 24.0 Å². The molecule has 3 atom stereocenters. The molecular weight excluding hydrogens is 475 g/mol. The minimum atomic E-state index is 0. The maximum atomic E-state index is 6.18. The molecule has 0 saturated carbocycles. The Balaban J connectivity index is 0.00000300. The van der Waals surface area contributed by atoms with Crippen LogP contribution in [0.1, 0.15) is 49.8 Å². The van der Waals surface area contributed by atoms with Gasteiger partial charge in [-0.3, -0.25) is 9.89 Å². The van der Waals surface area contributed by atoms with Crippen LogP contribution in [0.5, 0.6) is 0 Å². The van der Waals surface area contributed by atoms with Gasteiger partial charge in [0, 0.05) is 45.8 Å². The second-order valence-electron chi connectivity index (χ2n) is 8.34. The van der Waals surface area contributed by atoms with Crippen molar-refractivity contribution in [2.75, 3.05) is 46.9 Å². The molecule has 1 N–H and O–H groups in total. The Bertz CT molecular complexity index is 636. The lowest BCUT2D eigenvalue weighted by atomic mass is 9.89. The lowest BCUT2D eigenvalue weighted by molar-refractivity contribution is -0.0266. The van der Waals surface area contributed by atoms with Crippen molar-refractivity contribution in [2.45, 2.75) is 51.7 Å². The smallest absolute Gasteiger partial charge is 0.193 e. The van der Waals surface area contributed by atoms with Crippen LogP contribution in [0.25, 0.3) is 0 Å². The molecule has 1 aromatic rings. The zero-order valence-electron chi connectivity index (χ0n) is 18.6. The molecule has 2 saturated heterocycles. The summed E-state index contributed by atoms with van der Waals surface area (Å²) >= 11 is 0. The van der Waals surface area contributed by atoms with Gasteiger partial charge in [0.25, 0.3) is 0 Å². The molecule has 1 aromatic carbocycles. The normalized spacial score (nSPS) is 25.5. The Morgan fingerprint density at radius 3 is 2.69 bits per heavy atom. The first kappa shape index (κ1) is 24.4. The molecule has 0 spiro atoms. The number of halogens is 1. The lowest BCUT2D eigenvalue weighted by Gasteiger charge is -2.34. The van der Waals surface area contributed by atoms with E-state index in [0.717, 1.165) is 38.6 Å². The SMILES string of the molecule is CCN1CCCC1CN(C)C(=NC)NCC1CCCOC1c1ccc(C)cc1.I. The first-order chi connectivity index (χ1) is 13.6. The Labute approximate surface area is 194 Å². The van der Waals surface area contributed by atoms with Gasteiger partial charge in [-0.15, -0.1) is 24.0 Å². The molecule has 6 heteroatoms. The molecule has 29 heavy (non-hydrogen) atoms. The quantitative estimate of drug-likeness (QED) is 0.353. The van der Waals surface area contributed by atoms with Crippen molar-refractivity contribution in [3.8, 4) is 0 Å². The van der Waals surface area contributed by atoms with Gasteiger partial charge in [0.15, 0.2) is 5.96 Å². The minimum Gasteiger partial charge on any atom is -0.373 e. The van der Waals surface area contributed by atoms with Crippen molar-refractivity contribution in [1.29, 1.82) is 0 Å². The molecule has 0 amide bonds. The molecule has 3 unspecified atom stereocenters. The van der Waals surface area contributed by atoms with Gasteiger partial charge in [-0.25, -0.2) is 0 Å². The van der Waals surface area contributed by atoms with Gasteiger partial charge in [-0.1, -0.05) is 36.8 Å². The topological polar surface area (TPSA) is 40.1 Å². The summed E-state index contributed by atoms with van der Waals surface area (Å²) in [6.07, 6.45) is 5.11. The first-order valence-electron chi connectivity index (χ1n) is 11.0. The molecule has 2 heterocycles. The lowest BCUT2D eigenvalue weighted by Crippen LogP contribution is -2.47. The first-order valence-corrected chi connectivity index (χ1v) is 11.0. The summed E-state index contributed by atoms with van der Waals surface area (Å²) in [4.78, 5) is 9.43. The van der Waals surface area contributed by atoms with E-state index in [0.29, 0.717) is 12.0 Å². The zero-order valence-corrected chi connectivity index (χ0v) is 20.9. The minimum absolute atomic E-state index is 0. The van der Waals surface area contributed by atoms with Gasteiger partial charge in [0.1, 0.15) is 0 Å². The Hall–Kier alpha value is -0.860. The van der Waals surface area contributed by atoms with Crippen molar-refractivity contribution < 1.29 is 4.74 Å². The molecule has 0 radical (unpaired) electrons. The predicted molar refractivity (Wildman–Crippen MR) is 132 cm³/mol. The number of nitrogens with zero attached hydrogens (tertiary/aromatic N) is 3. The molecule has 164 valence electrons. The van der Waals surface area contributed by atoms with E-state index in [-0.39, 0.29) is 30.1 Å². The highest BCUT2D eigenvalue weighted by atomic mass is 127. The molecule has 2 aliphatic rings. The third-order valence-corrected chi connectivity index (χ3v) is 6.34. The zero-order chi connectivity index (χ0) is 19.9. The third-order valence-electron chi connectivity index (χ3n) is 6.34. The van der Waals surface area contributed by atoms with Crippen LogP contribution in [0.2, 0.25) is 0 Å². The summed E-state index contributed by atoms with van der Waals surface area (Å²) in [5, 5.41) is 3.63. The van der Waals surface area contributed by atoms with Gasteiger partial charge in [-0.05, 0) is 51.3 Å². The number of nitrogens with one attached hydrogen (secondary N) is 1. The standard InChI is InChI=1S/C23H38N4O.HI/c1-5-27-14-6-9-21(27)17-26(4)23(24-3)25-16-20-8-7-15-28-22(20)19-12-10-18(2)11-13-19;/h10-13,20-22H,5-9,14-17H2,1-4H3,(H,24,25);1H. The molecule has 0 aromatic heterocycles. The Morgan fingerprint density at radius 1 is 1.24 bits per heavy atom. The second kappa shape index (κ2) is 12.1. The van der Waals surface area contributed by atoms with Gasteiger partial charge < -0.3 is 15.0 Å². The van der Waals surface area contributed by atoms with Gasteiger partial charge >= 0.3 is 0 Å². The predicted octanol–water partition coefficient (Wildman–Crippen LogP) is 4.07. The van der Waals surface area contributed by atoms with E-state index >= 15 is 0 Å². The molecule has 5 nitrogen and oxygen atoms in total. The summed E-state index contributed by atoms with van der Waals surface area (Å²) in [7, 11) is 4.05. The number of hydrogen-bond acceptors (Lipinski definition) is 3. The summed E-state index contributed by atoms with van der Waals surface area (Å²) in [5.41, 5.74) is 2.59. The molecule has 3 rings (SSSR count). The number of benzene rings is 1. The average molecular weight is 514 g/mol. The van der Waals surface area contributed by atoms with E-state index < -0.39 is 0 Å². The van der Waals surface area contributed by atoms with Crippen molar-refractivity contribution in [3.05, 3.63) is 35.4 Å². The van der Waals surface area contributed by atoms with Crippen LogP contribution < -0.4 is 5.32 Å². The number of likely N-dealkylation sites (N-methyl/N-ethyl adjacent to an activating group) is 2. The fourth-order valence-corrected chi connectivity index (χ4v) is 4.70. The van der Waals surface area contributed by atoms with Crippen LogP contribution in [-0.4, -0.2) is 68.7 Å². The fraction of sp³-hybridized carbons (Fsp3) is 0.696. The maximum Gasteiger partial charge on any atom is 0.193 e. The van der Waals surface area contributed by atoms with E-state index in [1.807, 2.05) is 7.05 Å². The highest BCUT2D eigenvalue weighted by molar-refractivity contribution is 14.0. The van der Waals surface area contributed by atoms with E-state index in [1.54, 1.807) is 0 Å². The number of hydrogen-bond donors (Lipinski definition) is 1. The molecule has 2 fully saturated rings. The van der Waals surface area contributed by atoms with Crippen LogP contribution in [0.4, 0.5) is 0 Å². The maximum absolute atomic E-state index is 6.18. The van der Waals surface area contributed by atoms with Gasteiger partial charge in [0.2, 0.25) is 0 Å². The van der Waals surface area contributed by atoms with E-state index in [1.165, 1.54) is 36.9 Å². The monoisotopic (exact) mass is 514 g/mol. The number of likely N-dealkylation sites (tertiary alicyclic amines) is 1. The Morgan fingerprint density at radius 2 is 2.00 bits per heavy atom. The van der Waals surface area contributed by atoms with Crippen molar-refractivity contribution in [1.82, 2.24) is 15.1 Å².